The summed E-state index contributed by atoms with van der Waals surface area (Å²) in [6, 6.07) is 7.83. The van der Waals surface area contributed by atoms with Gasteiger partial charge in [0.2, 0.25) is 0 Å². The molecule has 1 rings (SSSR count). The molecule has 0 saturated heterocycles. The van der Waals surface area contributed by atoms with Gasteiger partial charge < -0.3 is 15.6 Å². The van der Waals surface area contributed by atoms with E-state index in [9.17, 15) is 5.11 Å². The third-order valence-electron chi connectivity index (χ3n) is 3.14. The van der Waals surface area contributed by atoms with Gasteiger partial charge in [0.1, 0.15) is 18.1 Å². The Morgan fingerprint density at radius 3 is 2.12 bits per heavy atom. The van der Waals surface area contributed by atoms with E-state index < -0.39 is 11.6 Å². The number of hydrogen-bond donors (Lipinski definition) is 2. The van der Waals surface area contributed by atoms with Crippen molar-refractivity contribution < 1.29 is 9.84 Å². The normalized spacial score (nSPS) is 14.7. The first kappa shape index (κ1) is 16.2. The summed E-state index contributed by atoms with van der Waals surface area (Å²) >= 11 is 0. The average molecular weight is 260 g/mol. The summed E-state index contributed by atoms with van der Waals surface area (Å²) in [5.41, 5.74) is 6.24. The van der Waals surface area contributed by atoms with Crippen LogP contribution >= 0.6 is 12.4 Å². The minimum atomic E-state index is -0.895. The molecule has 2 atom stereocenters. The molecule has 0 saturated carbocycles. The van der Waals surface area contributed by atoms with Crippen molar-refractivity contribution in [2.75, 3.05) is 0 Å². The van der Waals surface area contributed by atoms with Crippen molar-refractivity contribution in [2.24, 2.45) is 11.1 Å². The maximum absolute atomic E-state index is 9.47. The van der Waals surface area contributed by atoms with Crippen LogP contribution in [-0.4, -0.2) is 17.4 Å². The lowest BCUT2D eigenvalue weighted by atomic mass is 9.85. The molecule has 0 radical (unpaired) electrons. The van der Waals surface area contributed by atoms with Crippen LogP contribution in [0.25, 0.3) is 0 Å². The standard InChI is InChI=1S/C13H21NO2.ClH/c1-9-5-7-11(8-6-9)16-10(2)13(3,4)12(14)15;/h5-8,10,12,15H,14H2,1-4H3;1H. The Balaban J connectivity index is 0.00000256. The summed E-state index contributed by atoms with van der Waals surface area (Å²) < 4.78 is 5.76. The number of aryl methyl sites for hydroxylation is 1. The van der Waals surface area contributed by atoms with Crippen LogP contribution in [0.5, 0.6) is 5.75 Å². The number of ether oxygens (including phenoxy) is 1. The monoisotopic (exact) mass is 259 g/mol. The fourth-order valence-corrected chi connectivity index (χ4v) is 1.21. The molecule has 17 heavy (non-hydrogen) atoms. The Hall–Kier alpha value is -0.770. The molecular formula is C13H22ClNO2. The molecule has 0 heterocycles. The highest BCUT2D eigenvalue weighted by Crippen LogP contribution is 2.27. The molecule has 0 aromatic heterocycles. The second kappa shape index (κ2) is 6.24. The second-order valence-electron chi connectivity index (χ2n) is 4.84. The van der Waals surface area contributed by atoms with Gasteiger partial charge in [-0.3, -0.25) is 0 Å². The number of hydrogen-bond acceptors (Lipinski definition) is 3. The Kier molecular flexibility index (Phi) is 5.96. The van der Waals surface area contributed by atoms with Crippen LogP contribution in [0.2, 0.25) is 0 Å². The minimum Gasteiger partial charge on any atom is -0.490 e. The smallest absolute Gasteiger partial charge is 0.119 e. The van der Waals surface area contributed by atoms with E-state index in [4.69, 9.17) is 10.5 Å². The van der Waals surface area contributed by atoms with Crippen LogP contribution < -0.4 is 10.5 Å². The summed E-state index contributed by atoms with van der Waals surface area (Å²) in [4.78, 5) is 0. The van der Waals surface area contributed by atoms with Crippen molar-refractivity contribution in [3.8, 4) is 5.75 Å². The number of aliphatic hydroxyl groups excluding tert-OH is 1. The molecule has 0 amide bonds. The van der Waals surface area contributed by atoms with E-state index in [1.165, 1.54) is 5.56 Å². The molecule has 98 valence electrons. The van der Waals surface area contributed by atoms with Crippen molar-refractivity contribution in [2.45, 2.75) is 40.0 Å². The first-order valence-electron chi connectivity index (χ1n) is 5.51. The summed E-state index contributed by atoms with van der Waals surface area (Å²) in [5, 5.41) is 9.47. The maximum atomic E-state index is 9.47. The van der Waals surface area contributed by atoms with Crippen LogP contribution in [0.1, 0.15) is 26.3 Å². The van der Waals surface area contributed by atoms with Gasteiger partial charge in [-0.25, -0.2) is 0 Å². The average Bonchev–Trinajstić information content (AvgIpc) is 2.21. The van der Waals surface area contributed by atoms with Crippen molar-refractivity contribution in [1.82, 2.24) is 0 Å². The van der Waals surface area contributed by atoms with Gasteiger partial charge in [-0.15, -0.1) is 12.4 Å². The zero-order valence-electron chi connectivity index (χ0n) is 10.8. The number of nitrogens with two attached hydrogens (primary N) is 1. The number of halogens is 1. The number of benzene rings is 1. The fraction of sp³-hybridized carbons (Fsp3) is 0.538. The third-order valence-corrected chi connectivity index (χ3v) is 3.14. The van der Waals surface area contributed by atoms with Crippen molar-refractivity contribution in [1.29, 1.82) is 0 Å². The summed E-state index contributed by atoms with van der Waals surface area (Å²) in [5.74, 6) is 0.798. The summed E-state index contributed by atoms with van der Waals surface area (Å²) in [6.07, 6.45) is -1.05. The van der Waals surface area contributed by atoms with E-state index >= 15 is 0 Å². The number of rotatable bonds is 4. The van der Waals surface area contributed by atoms with Gasteiger partial charge in [0, 0.05) is 5.41 Å². The number of aliphatic hydroxyl groups is 1. The topological polar surface area (TPSA) is 55.5 Å². The Morgan fingerprint density at radius 1 is 1.24 bits per heavy atom. The second-order valence-corrected chi connectivity index (χ2v) is 4.84. The summed E-state index contributed by atoms with van der Waals surface area (Å²) in [6.45, 7) is 7.71. The Bertz CT molecular complexity index is 336. The minimum absolute atomic E-state index is 0. The Morgan fingerprint density at radius 2 is 1.71 bits per heavy atom. The van der Waals surface area contributed by atoms with Crippen molar-refractivity contribution in [3.05, 3.63) is 29.8 Å². The SMILES string of the molecule is Cc1ccc(OC(C)C(C)(C)C(N)O)cc1.Cl. The van der Waals surface area contributed by atoms with Crippen molar-refractivity contribution in [3.63, 3.8) is 0 Å². The highest BCUT2D eigenvalue weighted by atomic mass is 35.5. The molecule has 3 nitrogen and oxygen atoms in total. The molecule has 0 aliphatic carbocycles. The summed E-state index contributed by atoms with van der Waals surface area (Å²) in [7, 11) is 0. The van der Waals surface area contributed by atoms with Gasteiger partial charge in [-0.05, 0) is 26.0 Å². The Labute approximate surface area is 109 Å². The van der Waals surface area contributed by atoms with Gasteiger partial charge in [-0.2, -0.15) is 0 Å². The third kappa shape index (κ3) is 4.19. The molecule has 0 aliphatic rings. The predicted octanol–water partition coefficient (Wildman–Crippen LogP) is 2.49. The van der Waals surface area contributed by atoms with E-state index in [2.05, 4.69) is 0 Å². The van der Waals surface area contributed by atoms with Gasteiger partial charge in [0.15, 0.2) is 0 Å². The lowest BCUT2D eigenvalue weighted by Crippen LogP contribution is -2.46. The molecule has 1 aromatic rings. The lowest BCUT2D eigenvalue weighted by molar-refractivity contribution is -0.0231. The van der Waals surface area contributed by atoms with Crippen molar-refractivity contribution >= 4 is 12.4 Å². The van der Waals surface area contributed by atoms with E-state index in [1.54, 1.807) is 0 Å². The van der Waals surface area contributed by atoms with E-state index in [1.807, 2.05) is 52.0 Å². The first-order valence-corrected chi connectivity index (χ1v) is 5.51. The van der Waals surface area contributed by atoms with Crippen LogP contribution in [0.4, 0.5) is 0 Å². The maximum Gasteiger partial charge on any atom is 0.119 e. The molecule has 3 N–H and O–H groups in total. The molecule has 0 fully saturated rings. The van der Waals surface area contributed by atoms with Gasteiger partial charge >= 0.3 is 0 Å². The molecule has 1 aromatic carbocycles. The van der Waals surface area contributed by atoms with Crippen LogP contribution in [0.15, 0.2) is 24.3 Å². The van der Waals surface area contributed by atoms with Gasteiger partial charge in [-0.1, -0.05) is 31.5 Å². The lowest BCUT2D eigenvalue weighted by Gasteiger charge is -2.34. The molecule has 0 aliphatic heterocycles. The van der Waals surface area contributed by atoms with Crippen LogP contribution in [0, 0.1) is 12.3 Å². The zero-order valence-corrected chi connectivity index (χ0v) is 11.6. The van der Waals surface area contributed by atoms with Crippen LogP contribution in [-0.2, 0) is 0 Å². The molecule has 4 heteroatoms. The predicted molar refractivity (Wildman–Crippen MR) is 72.5 cm³/mol. The van der Waals surface area contributed by atoms with Gasteiger partial charge in [0.25, 0.3) is 0 Å². The molecule has 0 bridgehead atoms. The van der Waals surface area contributed by atoms with E-state index in [0.29, 0.717) is 0 Å². The zero-order chi connectivity index (χ0) is 12.3. The van der Waals surface area contributed by atoms with E-state index in [-0.39, 0.29) is 18.5 Å². The molecule has 2 unspecified atom stereocenters. The fourth-order valence-electron chi connectivity index (χ4n) is 1.21. The van der Waals surface area contributed by atoms with E-state index in [0.717, 1.165) is 5.75 Å². The highest BCUT2D eigenvalue weighted by Gasteiger charge is 2.33. The molecular weight excluding hydrogens is 238 g/mol. The molecule has 0 spiro atoms. The quantitative estimate of drug-likeness (QED) is 0.817. The van der Waals surface area contributed by atoms with Crippen LogP contribution in [0.3, 0.4) is 0 Å². The first-order chi connectivity index (χ1) is 7.34. The van der Waals surface area contributed by atoms with Gasteiger partial charge in [0.05, 0.1) is 0 Å². The largest absolute Gasteiger partial charge is 0.490 e. The highest BCUT2D eigenvalue weighted by molar-refractivity contribution is 5.85.